The number of piperidine rings is 1. The van der Waals surface area contributed by atoms with Gasteiger partial charge in [-0.3, -0.25) is 0 Å². The van der Waals surface area contributed by atoms with Crippen LogP contribution in [0.2, 0.25) is 0 Å². The van der Waals surface area contributed by atoms with Crippen molar-refractivity contribution in [1.82, 2.24) is 9.88 Å². The van der Waals surface area contributed by atoms with E-state index in [9.17, 15) is 0 Å². The average molecular weight is 286 g/mol. The van der Waals surface area contributed by atoms with Crippen molar-refractivity contribution in [2.24, 2.45) is 5.92 Å². The molecule has 0 bridgehead atoms. The summed E-state index contributed by atoms with van der Waals surface area (Å²) in [7, 11) is 0. The Morgan fingerprint density at radius 3 is 3.00 bits per heavy atom. The molecule has 0 N–H and O–H groups in total. The molecule has 3 rings (SSSR count). The topological polar surface area (TPSA) is 29.3 Å². The van der Waals surface area contributed by atoms with Gasteiger partial charge in [0.05, 0.1) is 0 Å². The fourth-order valence-corrected chi connectivity index (χ4v) is 3.25. The number of benzene rings is 1. The molecule has 1 aromatic carbocycles. The minimum Gasteiger partial charge on any atom is -0.440 e. The molecule has 3 heteroatoms. The van der Waals surface area contributed by atoms with Gasteiger partial charge < -0.3 is 9.32 Å². The van der Waals surface area contributed by atoms with Crippen LogP contribution in [-0.4, -0.2) is 29.5 Å². The summed E-state index contributed by atoms with van der Waals surface area (Å²) < 4.78 is 5.96. The fourth-order valence-electron chi connectivity index (χ4n) is 3.25. The Balaban J connectivity index is 1.62. The van der Waals surface area contributed by atoms with Crippen LogP contribution < -0.4 is 0 Å². The summed E-state index contributed by atoms with van der Waals surface area (Å²) in [4.78, 5) is 7.27. The monoisotopic (exact) mass is 286 g/mol. The first kappa shape index (κ1) is 14.6. The van der Waals surface area contributed by atoms with E-state index in [0.717, 1.165) is 29.5 Å². The summed E-state index contributed by atoms with van der Waals surface area (Å²) in [5.41, 5.74) is 1.91. The molecule has 0 spiro atoms. The van der Waals surface area contributed by atoms with Crippen molar-refractivity contribution in [3.05, 3.63) is 30.2 Å². The second-order valence-electron chi connectivity index (χ2n) is 6.70. The summed E-state index contributed by atoms with van der Waals surface area (Å²) in [6, 6.07) is 8.07. The van der Waals surface area contributed by atoms with Gasteiger partial charge in [-0.2, -0.15) is 0 Å². The maximum Gasteiger partial charge on any atom is 0.199 e. The van der Waals surface area contributed by atoms with Gasteiger partial charge in [0.1, 0.15) is 5.52 Å². The maximum atomic E-state index is 5.96. The number of hydrogen-bond acceptors (Lipinski definition) is 3. The molecule has 0 amide bonds. The second-order valence-corrected chi connectivity index (χ2v) is 6.70. The van der Waals surface area contributed by atoms with Crippen LogP contribution in [-0.2, 0) is 0 Å². The molecule has 0 saturated carbocycles. The third kappa shape index (κ3) is 3.65. The lowest BCUT2D eigenvalue weighted by Crippen LogP contribution is -2.35. The van der Waals surface area contributed by atoms with Crippen LogP contribution in [0, 0.1) is 5.92 Å². The lowest BCUT2D eigenvalue weighted by Gasteiger charge is -2.31. The quantitative estimate of drug-likeness (QED) is 0.813. The molecule has 114 valence electrons. The summed E-state index contributed by atoms with van der Waals surface area (Å²) in [5, 5.41) is 0. The minimum absolute atomic E-state index is 0.463. The predicted molar refractivity (Wildman–Crippen MR) is 86.5 cm³/mol. The zero-order valence-electron chi connectivity index (χ0n) is 13.2. The van der Waals surface area contributed by atoms with Gasteiger partial charge in [0.25, 0.3) is 0 Å². The van der Waals surface area contributed by atoms with Crippen LogP contribution in [0.3, 0.4) is 0 Å². The lowest BCUT2D eigenvalue weighted by atomic mass is 9.97. The van der Waals surface area contributed by atoms with E-state index in [0.29, 0.717) is 5.92 Å². The van der Waals surface area contributed by atoms with E-state index < -0.39 is 0 Å². The van der Waals surface area contributed by atoms with E-state index in [1.807, 2.05) is 24.3 Å². The first-order valence-electron chi connectivity index (χ1n) is 8.30. The van der Waals surface area contributed by atoms with Crippen LogP contribution in [0.1, 0.15) is 51.3 Å². The van der Waals surface area contributed by atoms with E-state index in [4.69, 9.17) is 4.42 Å². The van der Waals surface area contributed by atoms with Crippen LogP contribution in [0.5, 0.6) is 0 Å². The number of hydrogen-bond donors (Lipinski definition) is 0. The molecular weight excluding hydrogens is 260 g/mol. The largest absolute Gasteiger partial charge is 0.440 e. The van der Waals surface area contributed by atoms with Crippen molar-refractivity contribution in [2.45, 2.75) is 45.4 Å². The van der Waals surface area contributed by atoms with E-state index >= 15 is 0 Å². The third-order valence-electron chi connectivity index (χ3n) is 4.42. The number of likely N-dealkylation sites (tertiary alicyclic amines) is 1. The molecule has 1 fully saturated rings. The van der Waals surface area contributed by atoms with Crippen molar-refractivity contribution in [2.75, 3.05) is 19.6 Å². The van der Waals surface area contributed by atoms with E-state index in [1.54, 1.807) is 0 Å². The molecule has 0 radical (unpaired) electrons. The van der Waals surface area contributed by atoms with Crippen molar-refractivity contribution in [1.29, 1.82) is 0 Å². The van der Waals surface area contributed by atoms with Gasteiger partial charge in [-0.1, -0.05) is 26.0 Å². The molecule has 0 aliphatic carbocycles. The molecule has 1 aliphatic heterocycles. The average Bonchev–Trinajstić information content (AvgIpc) is 2.91. The smallest absolute Gasteiger partial charge is 0.199 e. The highest BCUT2D eigenvalue weighted by atomic mass is 16.3. The van der Waals surface area contributed by atoms with Crippen LogP contribution in [0.15, 0.2) is 28.7 Å². The zero-order valence-corrected chi connectivity index (χ0v) is 13.2. The van der Waals surface area contributed by atoms with Gasteiger partial charge in [-0.25, -0.2) is 4.98 Å². The molecule has 21 heavy (non-hydrogen) atoms. The molecule has 1 saturated heterocycles. The molecular formula is C18H26N2O. The SMILES string of the molecule is CC(C)CCCN1CCCC(c2nc3ccccc3o2)C1. The van der Waals surface area contributed by atoms with Gasteiger partial charge >= 0.3 is 0 Å². The van der Waals surface area contributed by atoms with Crippen molar-refractivity contribution in [3.8, 4) is 0 Å². The first-order chi connectivity index (χ1) is 10.2. The van der Waals surface area contributed by atoms with Crippen molar-refractivity contribution in [3.63, 3.8) is 0 Å². The Bertz CT molecular complexity index is 542. The number of oxazole rings is 1. The van der Waals surface area contributed by atoms with Gasteiger partial charge in [0.15, 0.2) is 11.5 Å². The number of aromatic nitrogens is 1. The van der Waals surface area contributed by atoms with Crippen LogP contribution >= 0.6 is 0 Å². The summed E-state index contributed by atoms with van der Waals surface area (Å²) >= 11 is 0. The molecule has 1 aliphatic rings. The summed E-state index contributed by atoms with van der Waals surface area (Å²) in [5.74, 6) is 2.21. The summed E-state index contributed by atoms with van der Waals surface area (Å²) in [6.45, 7) is 8.16. The predicted octanol–water partition coefficient (Wildman–Crippen LogP) is 4.44. The lowest BCUT2D eigenvalue weighted by molar-refractivity contribution is 0.189. The number of rotatable bonds is 5. The Hall–Kier alpha value is -1.35. The second kappa shape index (κ2) is 6.61. The standard InChI is InChI=1S/C18H26N2O/c1-14(2)7-5-11-20-12-6-8-15(13-20)18-19-16-9-3-4-10-17(16)21-18/h3-4,9-10,14-15H,5-8,11-13H2,1-2H3. The summed E-state index contributed by atoms with van der Waals surface area (Å²) in [6.07, 6.45) is 5.08. The van der Waals surface area contributed by atoms with Gasteiger partial charge in [0.2, 0.25) is 0 Å². The Kier molecular flexibility index (Phi) is 4.59. The minimum atomic E-state index is 0.463. The first-order valence-corrected chi connectivity index (χ1v) is 8.30. The van der Waals surface area contributed by atoms with Gasteiger partial charge in [-0.05, 0) is 56.8 Å². The number of nitrogens with zero attached hydrogens (tertiary/aromatic N) is 2. The van der Waals surface area contributed by atoms with Gasteiger partial charge in [-0.15, -0.1) is 0 Å². The third-order valence-corrected chi connectivity index (χ3v) is 4.42. The van der Waals surface area contributed by atoms with Crippen molar-refractivity contribution < 1.29 is 4.42 Å². The highest BCUT2D eigenvalue weighted by molar-refractivity contribution is 5.72. The van der Waals surface area contributed by atoms with Crippen LogP contribution in [0.4, 0.5) is 0 Å². The molecule has 2 aromatic rings. The molecule has 1 unspecified atom stereocenters. The van der Waals surface area contributed by atoms with E-state index in [-0.39, 0.29) is 0 Å². The highest BCUT2D eigenvalue weighted by Gasteiger charge is 2.25. The van der Waals surface area contributed by atoms with Gasteiger partial charge in [0, 0.05) is 12.5 Å². The molecule has 3 nitrogen and oxygen atoms in total. The maximum absolute atomic E-state index is 5.96. The normalized spacial score (nSPS) is 20.4. The number of fused-ring (bicyclic) bond motifs is 1. The Labute approximate surface area is 127 Å². The van der Waals surface area contributed by atoms with E-state index in [2.05, 4.69) is 23.7 Å². The van der Waals surface area contributed by atoms with Crippen LogP contribution in [0.25, 0.3) is 11.1 Å². The van der Waals surface area contributed by atoms with Crippen molar-refractivity contribution >= 4 is 11.1 Å². The zero-order chi connectivity index (χ0) is 14.7. The Morgan fingerprint density at radius 1 is 1.33 bits per heavy atom. The molecule has 1 atom stereocenters. The Morgan fingerprint density at radius 2 is 2.19 bits per heavy atom. The fraction of sp³-hybridized carbons (Fsp3) is 0.611. The number of para-hydroxylation sites is 2. The molecule has 2 heterocycles. The molecule has 1 aromatic heterocycles. The van der Waals surface area contributed by atoms with E-state index in [1.165, 1.54) is 38.8 Å². The highest BCUT2D eigenvalue weighted by Crippen LogP contribution is 2.29.